The molecule has 1 unspecified atom stereocenters. The zero-order chi connectivity index (χ0) is 20.0. The van der Waals surface area contributed by atoms with Crippen molar-refractivity contribution < 1.29 is 9.84 Å². The van der Waals surface area contributed by atoms with Gasteiger partial charge in [-0.3, -0.25) is 4.90 Å². The molecule has 2 aromatic carbocycles. The van der Waals surface area contributed by atoms with Gasteiger partial charge in [0.05, 0.1) is 20.7 Å². The van der Waals surface area contributed by atoms with Crippen LogP contribution in [0.5, 0.6) is 0 Å². The lowest BCUT2D eigenvalue weighted by Gasteiger charge is -2.44. The maximum Gasteiger partial charge on any atom is 0.180 e. The molecule has 0 bridgehead atoms. The molecule has 1 N–H and O–H groups in total. The van der Waals surface area contributed by atoms with E-state index in [-0.39, 0.29) is 11.4 Å². The van der Waals surface area contributed by atoms with Crippen LogP contribution in [-0.4, -0.2) is 42.9 Å². The minimum atomic E-state index is -1.19. The van der Waals surface area contributed by atoms with E-state index in [1.54, 1.807) is 11.8 Å². The molecule has 0 aliphatic carbocycles. The quantitative estimate of drug-likeness (QED) is 0.623. The Kier molecular flexibility index (Phi) is 7.54. The molecule has 0 spiro atoms. The fourth-order valence-electron chi connectivity index (χ4n) is 3.38. The normalized spacial score (nSPS) is 23.9. The third-order valence-electron chi connectivity index (χ3n) is 4.75. The van der Waals surface area contributed by atoms with Crippen LogP contribution in [0.15, 0.2) is 77.3 Å². The molecule has 3 atom stereocenters. The molecule has 0 radical (unpaired) electrons. The van der Waals surface area contributed by atoms with E-state index >= 15 is 0 Å². The molecule has 1 heterocycles. The van der Waals surface area contributed by atoms with E-state index in [1.165, 1.54) is 5.56 Å². The average molecular weight is 414 g/mol. The molecule has 2 aromatic rings. The van der Waals surface area contributed by atoms with Gasteiger partial charge in [0, 0.05) is 11.4 Å². The van der Waals surface area contributed by atoms with Gasteiger partial charge in [-0.15, -0.1) is 11.8 Å². The first kappa shape index (κ1) is 21.3. The lowest BCUT2D eigenvalue weighted by molar-refractivity contribution is -0.177. The standard InChI is InChI=1S/C23H31NO2SSi/c1-28(2,3)17-11-10-16-24-21(19-12-6-4-7-13-19)18-26-23(25)22(24)27-20-14-8-5-9-15-20/h4-9,11-15,17,21-23,25H,10,16,18H2,1-3H3/b17-11-/t21-,22+,23?/m1/s1. The molecule has 3 nitrogen and oxygen atoms in total. The number of aliphatic hydroxyl groups excluding tert-OH is 1. The van der Waals surface area contributed by atoms with Crippen LogP contribution in [0.25, 0.3) is 0 Å². The topological polar surface area (TPSA) is 32.7 Å². The maximum atomic E-state index is 10.7. The lowest BCUT2D eigenvalue weighted by atomic mass is 10.0. The second kappa shape index (κ2) is 9.90. The van der Waals surface area contributed by atoms with Gasteiger partial charge in [-0.05, 0) is 24.1 Å². The minimum absolute atomic E-state index is 0.137. The highest BCUT2D eigenvalue weighted by molar-refractivity contribution is 8.00. The van der Waals surface area contributed by atoms with E-state index in [0.29, 0.717) is 6.61 Å². The molecule has 1 aliphatic rings. The number of ether oxygens (including phenoxy) is 1. The third kappa shape index (κ3) is 6.06. The number of benzene rings is 2. The predicted octanol–water partition coefficient (Wildman–Crippen LogP) is 5.32. The molecule has 3 rings (SSSR count). The highest BCUT2D eigenvalue weighted by Crippen LogP contribution is 2.37. The molecule has 5 heteroatoms. The van der Waals surface area contributed by atoms with Crippen LogP contribution < -0.4 is 0 Å². The Morgan fingerprint density at radius 3 is 2.36 bits per heavy atom. The van der Waals surface area contributed by atoms with Gasteiger partial charge in [0.2, 0.25) is 0 Å². The minimum Gasteiger partial charge on any atom is -0.366 e. The van der Waals surface area contributed by atoms with E-state index in [4.69, 9.17) is 4.74 Å². The molecule has 28 heavy (non-hydrogen) atoms. The molecular weight excluding hydrogens is 382 g/mol. The third-order valence-corrected chi connectivity index (χ3v) is 7.28. The summed E-state index contributed by atoms with van der Waals surface area (Å²) in [7, 11) is -1.19. The Balaban J connectivity index is 1.82. The van der Waals surface area contributed by atoms with Crippen molar-refractivity contribution in [3.8, 4) is 0 Å². The zero-order valence-corrected chi connectivity index (χ0v) is 18.8. The van der Waals surface area contributed by atoms with Gasteiger partial charge in [0.1, 0.15) is 5.37 Å². The SMILES string of the molecule is C[Si](C)(C)/C=C\CCN1[C@@H](c2ccccc2)COC(O)[C@@H]1Sc1ccccc1. The van der Waals surface area contributed by atoms with Gasteiger partial charge < -0.3 is 9.84 Å². The molecule has 0 aromatic heterocycles. The van der Waals surface area contributed by atoms with Crippen molar-refractivity contribution >= 4 is 19.8 Å². The fourth-order valence-corrected chi connectivity index (χ4v) is 5.43. The summed E-state index contributed by atoms with van der Waals surface area (Å²) in [6.07, 6.45) is 2.50. The van der Waals surface area contributed by atoms with Crippen LogP contribution in [0.2, 0.25) is 19.6 Å². The Labute approximate surface area is 174 Å². The summed E-state index contributed by atoms with van der Waals surface area (Å²) in [6, 6.07) is 20.9. The Bertz CT molecular complexity index is 748. The summed E-state index contributed by atoms with van der Waals surface area (Å²) >= 11 is 1.68. The molecule has 1 fully saturated rings. The average Bonchev–Trinajstić information content (AvgIpc) is 2.68. The molecule has 0 amide bonds. The molecule has 0 saturated carbocycles. The summed E-state index contributed by atoms with van der Waals surface area (Å²) in [5, 5.41) is 10.5. The van der Waals surface area contributed by atoms with Gasteiger partial charge in [0.25, 0.3) is 0 Å². The number of hydrogen-bond donors (Lipinski definition) is 1. The van der Waals surface area contributed by atoms with Gasteiger partial charge in [0.15, 0.2) is 6.29 Å². The first-order chi connectivity index (χ1) is 13.4. The van der Waals surface area contributed by atoms with Crippen molar-refractivity contribution in [2.75, 3.05) is 13.2 Å². The first-order valence-electron chi connectivity index (χ1n) is 9.94. The van der Waals surface area contributed by atoms with E-state index in [1.807, 2.05) is 24.3 Å². The van der Waals surface area contributed by atoms with Gasteiger partial charge in [-0.2, -0.15) is 0 Å². The largest absolute Gasteiger partial charge is 0.366 e. The lowest BCUT2D eigenvalue weighted by Crippen LogP contribution is -2.51. The van der Waals surface area contributed by atoms with E-state index in [0.717, 1.165) is 17.9 Å². The summed E-state index contributed by atoms with van der Waals surface area (Å²) in [5.74, 6) is 0. The van der Waals surface area contributed by atoms with Gasteiger partial charge in [-0.25, -0.2) is 0 Å². The fraction of sp³-hybridized carbons (Fsp3) is 0.391. The smallest absolute Gasteiger partial charge is 0.180 e. The number of aliphatic hydroxyl groups is 1. The predicted molar refractivity (Wildman–Crippen MR) is 121 cm³/mol. The van der Waals surface area contributed by atoms with Crippen molar-refractivity contribution in [1.29, 1.82) is 0 Å². The maximum absolute atomic E-state index is 10.7. The van der Waals surface area contributed by atoms with Gasteiger partial charge in [-0.1, -0.05) is 79.9 Å². The first-order valence-corrected chi connectivity index (χ1v) is 14.4. The second-order valence-corrected chi connectivity index (χ2v) is 14.5. The van der Waals surface area contributed by atoms with E-state index < -0.39 is 14.4 Å². The number of nitrogens with zero attached hydrogens (tertiary/aromatic N) is 1. The van der Waals surface area contributed by atoms with Crippen LogP contribution >= 0.6 is 11.8 Å². The monoisotopic (exact) mass is 413 g/mol. The number of thioether (sulfide) groups is 1. The highest BCUT2D eigenvalue weighted by atomic mass is 32.2. The van der Waals surface area contributed by atoms with Crippen molar-refractivity contribution in [2.24, 2.45) is 0 Å². The van der Waals surface area contributed by atoms with Crippen LogP contribution in [0.4, 0.5) is 0 Å². The molecular formula is C23H31NO2SSi. The van der Waals surface area contributed by atoms with Crippen molar-refractivity contribution in [2.45, 2.75) is 48.7 Å². The van der Waals surface area contributed by atoms with E-state index in [2.05, 4.69) is 72.7 Å². The molecule has 1 aliphatic heterocycles. The van der Waals surface area contributed by atoms with Crippen molar-refractivity contribution in [3.05, 3.63) is 78.0 Å². The molecule has 150 valence electrons. The van der Waals surface area contributed by atoms with Crippen molar-refractivity contribution in [3.63, 3.8) is 0 Å². The van der Waals surface area contributed by atoms with Crippen LogP contribution in [0.1, 0.15) is 18.0 Å². The van der Waals surface area contributed by atoms with Crippen LogP contribution in [-0.2, 0) is 4.74 Å². The Morgan fingerprint density at radius 1 is 1.07 bits per heavy atom. The molecule has 1 saturated heterocycles. The summed E-state index contributed by atoms with van der Waals surface area (Å²) < 4.78 is 5.80. The van der Waals surface area contributed by atoms with E-state index in [9.17, 15) is 5.11 Å². The van der Waals surface area contributed by atoms with Crippen molar-refractivity contribution in [1.82, 2.24) is 4.90 Å². The zero-order valence-electron chi connectivity index (χ0n) is 17.0. The number of rotatable bonds is 7. The van der Waals surface area contributed by atoms with Crippen LogP contribution in [0.3, 0.4) is 0 Å². The summed E-state index contributed by atoms with van der Waals surface area (Å²) in [5.41, 5.74) is 3.64. The number of hydrogen-bond acceptors (Lipinski definition) is 4. The highest BCUT2D eigenvalue weighted by Gasteiger charge is 2.38. The summed E-state index contributed by atoms with van der Waals surface area (Å²) in [4.78, 5) is 3.56. The second-order valence-electron chi connectivity index (χ2n) is 8.27. The Hall–Kier alpha value is -1.37. The van der Waals surface area contributed by atoms with Crippen LogP contribution in [0, 0.1) is 0 Å². The number of morpholine rings is 1. The summed E-state index contributed by atoms with van der Waals surface area (Å²) in [6.45, 7) is 8.45. The van der Waals surface area contributed by atoms with Gasteiger partial charge >= 0.3 is 0 Å². The Morgan fingerprint density at radius 2 is 1.71 bits per heavy atom.